The lowest BCUT2D eigenvalue weighted by Crippen LogP contribution is -2.46. The van der Waals surface area contributed by atoms with Crippen LogP contribution in [0, 0.1) is 0 Å². The normalized spacial score (nSPS) is 14.6. The Morgan fingerprint density at radius 1 is 1.36 bits per heavy atom. The Morgan fingerprint density at radius 2 is 1.93 bits per heavy atom. The van der Waals surface area contributed by atoms with Gasteiger partial charge < -0.3 is 15.4 Å². The monoisotopic (exact) mass is 236 g/mol. The first-order valence-electron chi connectivity index (χ1n) is 4.65. The number of thioether (sulfide) groups is 1. The standard InChI is InChI=1S/C9H20N2OS2/c1-7(5-12-3)10-9(13)11-8(2)6-14-4/h7-8H,5-6H2,1-4H3,(H2,10,11,13). The first kappa shape index (κ1) is 14.0. The minimum Gasteiger partial charge on any atom is -0.383 e. The molecule has 0 aromatic carbocycles. The van der Waals surface area contributed by atoms with Crippen molar-refractivity contribution in [2.45, 2.75) is 25.9 Å². The van der Waals surface area contributed by atoms with Crippen molar-refractivity contribution < 1.29 is 4.74 Å². The molecule has 3 nitrogen and oxygen atoms in total. The Kier molecular flexibility index (Phi) is 8.32. The molecule has 2 N–H and O–H groups in total. The van der Waals surface area contributed by atoms with Gasteiger partial charge in [0.1, 0.15) is 0 Å². The van der Waals surface area contributed by atoms with Crippen LogP contribution in [0.5, 0.6) is 0 Å². The molecule has 2 atom stereocenters. The van der Waals surface area contributed by atoms with Crippen LogP contribution >= 0.6 is 24.0 Å². The summed E-state index contributed by atoms with van der Waals surface area (Å²) in [6.45, 7) is 4.82. The maximum Gasteiger partial charge on any atom is 0.166 e. The summed E-state index contributed by atoms with van der Waals surface area (Å²) < 4.78 is 5.00. The fraction of sp³-hybridized carbons (Fsp3) is 0.889. The zero-order chi connectivity index (χ0) is 11.0. The maximum atomic E-state index is 5.15. The van der Waals surface area contributed by atoms with Crippen molar-refractivity contribution in [3.05, 3.63) is 0 Å². The van der Waals surface area contributed by atoms with Crippen LogP contribution in [-0.4, -0.2) is 42.9 Å². The molecule has 0 aromatic rings. The van der Waals surface area contributed by atoms with Gasteiger partial charge in [-0.25, -0.2) is 0 Å². The SMILES string of the molecule is COCC(C)NC(=S)NC(C)CSC. The topological polar surface area (TPSA) is 33.3 Å². The molecule has 0 fully saturated rings. The zero-order valence-electron chi connectivity index (χ0n) is 9.29. The van der Waals surface area contributed by atoms with Crippen LogP contribution in [0.3, 0.4) is 0 Å². The van der Waals surface area contributed by atoms with Crippen LogP contribution in [0.25, 0.3) is 0 Å². The zero-order valence-corrected chi connectivity index (χ0v) is 10.9. The van der Waals surface area contributed by atoms with Crippen molar-refractivity contribution in [1.29, 1.82) is 0 Å². The van der Waals surface area contributed by atoms with Crippen molar-refractivity contribution in [3.63, 3.8) is 0 Å². The number of nitrogens with one attached hydrogen (secondary N) is 2. The van der Waals surface area contributed by atoms with E-state index in [9.17, 15) is 0 Å². The molecule has 0 aliphatic rings. The van der Waals surface area contributed by atoms with Gasteiger partial charge in [0.25, 0.3) is 0 Å². The fourth-order valence-electron chi connectivity index (χ4n) is 1.07. The summed E-state index contributed by atoms with van der Waals surface area (Å²) in [4.78, 5) is 0. The third kappa shape index (κ3) is 7.41. The minimum atomic E-state index is 0.251. The van der Waals surface area contributed by atoms with Crippen molar-refractivity contribution in [1.82, 2.24) is 10.6 Å². The highest BCUT2D eigenvalue weighted by atomic mass is 32.2. The lowest BCUT2D eigenvalue weighted by Gasteiger charge is -2.19. The minimum absolute atomic E-state index is 0.251. The maximum absolute atomic E-state index is 5.15. The Morgan fingerprint density at radius 3 is 2.43 bits per heavy atom. The van der Waals surface area contributed by atoms with Gasteiger partial charge in [0.2, 0.25) is 0 Å². The van der Waals surface area contributed by atoms with Crippen molar-refractivity contribution >= 4 is 29.1 Å². The fourth-order valence-corrected chi connectivity index (χ4v) is 2.06. The second-order valence-electron chi connectivity index (χ2n) is 3.33. The number of rotatable bonds is 6. The van der Waals surface area contributed by atoms with Gasteiger partial charge in [-0.05, 0) is 32.3 Å². The molecule has 2 unspecified atom stereocenters. The number of thiocarbonyl (C=S) groups is 1. The number of methoxy groups -OCH3 is 1. The molecular formula is C9H20N2OS2. The van der Waals surface area contributed by atoms with Crippen LogP contribution in [-0.2, 0) is 4.74 Å². The van der Waals surface area contributed by atoms with Crippen molar-refractivity contribution in [2.75, 3.05) is 25.7 Å². The van der Waals surface area contributed by atoms with Crippen LogP contribution in [0.2, 0.25) is 0 Å². The van der Waals surface area contributed by atoms with E-state index < -0.39 is 0 Å². The van der Waals surface area contributed by atoms with E-state index in [1.165, 1.54) is 0 Å². The van der Waals surface area contributed by atoms with Gasteiger partial charge in [-0.15, -0.1) is 0 Å². The summed E-state index contributed by atoms with van der Waals surface area (Å²) in [7, 11) is 1.69. The molecular weight excluding hydrogens is 216 g/mol. The molecule has 0 radical (unpaired) electrons. The van der Waals surface area contributed by atoms with E-state index in [0.717, 1.165) is 5.75 Å². The van der Waals surface area contributed by atoms with E-state index in [4.69, 9.17) is 17.0 Å². The summed E-state index contributed by atoms with van der Waals surface area (Å²) >= 11 is 6.95. The Labute approximate surface area is 96.4 Å². The highest BCUT2D eigenvalue weighted by Crippen LogP contribution is 1.95. The van der Waals surface area contributed by atoms with Gasteiger partial charge in [-0.1, -0.05) is 0 Å². The van der Waals surface area contributed by atoms with Gasteiger partial charge >= 0.3 is 0 Å². The number of hydrogen-bond donors (Lipinski definition) is 2. The average Bonchev–Trinajstić information content (AvgIpc) is 2.03. The Balaban J connectivity index is 3.63. The third-order valence-corrected chi connectivity index (χ3v) is 2.66. The third-order valence-electron chi connectivity index (χ3n) is 1.59. The smallest absolute Gasteiger partial charge is 0.166 e. The molecule has 0 bridgehead atoms. The highest BCUT2D eigenvalue weighted by Gasteiger charge is 2.06. The number of hydrogen-bond acceptors (Lipinski definition) is 3. The first-order chi connectivity index (χ1) is 6.60. The lowest BCUT2D eigenvalue weighted by atomic mass is 10.3. The van der Waals surface area contributed by atoms with Crippen LogP contribution in [0.15, 0.2) is 0 Å². The second-order valence-corrected chi connectivity index (χ2v) is 4.65. The highest BCUT2D eigenvalue weighted by molar-refractivity contribution is 7.98. The summed E-state index contributed by atoms with van der Waals surface area (Å²) in [5.74, 6) is 1.06. The first-order valence-corrected chi connectivity index (χ1v) is 6.45. The molecule has 0 saturated carbocycles. The number of ether oxygens (including phenoxy) is 1. The lowest BCUT2D eigenvalue weighted by molar-refractivity contribution is 0.179. The summed E-state index contributed by atoms with van der Waals surface area (Å²) in [5, 5.41) is 7.07. The molecule has 0 spiro atoms. The van der Waals surface area contributed by atoms with E-state index >= 15 is 0 Å². The van der Waals surface area contributed by atoms with E-state index in [-0.39, 0.29) is 6.04 Å². The molecule has 0 aliphatic carbocycles. The van der Waals surface area contributed by atoms with Crippen LogP contribution < -0.4 is 10.6 Å². The van der Waals surface area contributed by atoms with E-state index in [2.05, 4.69) is 23.8 Å². The Bertz CT molecular complexity index is 151. The average molecular weight is 236 g/mol. The van der Waals surface area contributed by atoms with Crippen molar-refractivity contribution in [2.24, 2.45) is 0 Å². The quantitative estimate of drug-likeness (QED) is 0.678. The van der Waals surface area contributed by atoms with Crippen LogP contribution in [0.1, 0.15) is 13.8 Å². The second kappa shape index (κ2) is 8.32. The Hall–Kier alpha value is 0. The van der Waals surface area contributed by atoms with E-state index in [1.54, 1.807) is 18.9 Å². The molecule has 0 aliphatic heterocycles. The van der Waals surface area contributed by atoms with Gasteiger partial charge in [0.05, 0.1) is 6.61 Å². The van der Waals surface area contributed by atoms with Crippen LogP contribution in [0.4, 0.5) is 0 Å². The van der Waals surface area contributed by atoms with E-state index in [0.29, 0.717) is 17.8 Å². The molecule has 14 heavy (non-hydrogen) atoms. The van der Waals surface area contributed by atoms with Gasteiger partial charge in [0.15, 0.2) is 5.11 Å². The molecule has 84 valence electrons. The summed E-state index contributed by atoms with van der Waals surface area (Å²) in [5.41, 5.74) is 0. The largest absolute Gasteiger partial charge is 0.383 e. The van der Waals surface area contributed by atoms with Gasteiger partial charge in [-0.3, -0.25) is 0 Å². The van der Waals surface area contributed by atoms with Gasteiger partial charge in [-0.2, -0.15) is 11.8 Å². The molecule has 0 amide bonds. The molecule has 0 saturated heterocycles. The summed E-state index contributed by atoms with van der Waals surface area (Å²) in [6.07, 6.45) is 2.09. The molecule has 0 aromatic heterocycles. The molecule has 5 heteroatoms. The van der Waals surface area contributed by atoms with Crippen molar-refractivity contribution in [3.8, 4) is 0 Å². The summed E-state index contributed by atoms with van der Waals surface area (Å²) in [6, 6.07) is 0.654. The van der Waals surface area contributed by atoms with Gasteiger partial charge in [0, 0.05) is 24.9 Å². The predicted octanol–water partition coefficient (Wildman–Crippen LogP) is 1.24. The molecule has 0 rings (SSSR count). The molecule has 0 heterocycles. The van der Waals surface area contributed by atoms with E-state index in [1.807, 2.05) is 6.92 Å². The predicted molar refractivity (Wildman–Crippen MR) is 68.1 cm³/mol.